The number of amides is 1. The predicted molar refractivity (Wildman–Crippen MR) is 95.1 cm³/mol. The number of hydrogen-bond donors (Lipinski definition) is 0. The van der Waals surface area contributed by atoms with Crippen LogP contribution in [0.5, 0.6) is 0 Å². The number of hydrogen-bond acceptors (Lipinski definition) is 3. The quantitative estimate of drug-likeness (QED) is 0.838. The van der Waals surface area contributed by atoms with E-state index in [4.69, 9.17) is 0 Å². The maximum atomic E-state index is 13.4. The van der Waals surface area contributed by atoms with Crippen molar-refractivity contribution in [2.45, 2.75) is 25.9 Å². The van der Waals surface area contributed by atoms with Gasteiger partial charge < -0.3 is 4.90 Å². The van der Waals surface area contributed by atoms with E-state index in [1.165, 1.54) is 6.07 Å². The minimum absolute atomic E-state index is 0.00847. The van der Waals surface area contributed by atoms with Crippen LogP contribution in [0.4, 0.5) is 4.39 Å². The largest absolute Gasteiger partial charge is 0.341 e. The Morgan fingerprint density at radius 1 is 1.28 bits per heavy atom. The van der Waals surface area contributed by atoms with E-state index in [0.29, 0.717) is 13.1 Å². The molecule has 1 unspecified atom stereocenters. The first kappa shape index (κ1) is 17.5. The average Bonchev–Trinajstić information content (AvgIpc) is 2.62. The number of carbonyl (C=O) groups is 1. The first-order valence-electron chi connectivity index (χ1n) is 8.72. The standard InChI is InChI=1S/C20H24FN3O/c1-23(13-16-7-9-22-10-8-16)20(25)18-5-3-11-24(15-18)14-17-4-2-6-19(21)12-17/h2,4,6-10,12,18H,3,5,11,13-15H2,1H3. The van der Waals surface area contributed by atoms with E-state index in [9.17, 15) is 9.18 Å². The second-order valence-corrected chi connectivity index (χ2v) is 6.75. The van der Waals surface area contributed by atoms with Gasteiger partial charge in [0, 0.05) is 39.1 Å². The molecule has 0 N–H and O–H groups in total. The van der Waals surface area contributed by atoms with Crippen molar-refractivity contribution in [3.8, 4) is 0 Å². The van der Waals surface area contributed by atoms with Gasteiger partial charge in [0.15, 0.2) is 0 Å². The molecule has 0 aliphatic carbocycles. The average molecular weight is 341 g/mol. The minimum atomic E-state index is -0.209. The molecular formula is C20H24FN3O. The summed E-state index contributed by atoms with van der Waals surface area (Å²) in [4.78, 5) is 20.8. The highest BCUT2D eigenvalue weighted by molar-refractivity contribution is 5.78. The van der Waals surface area contributed by atoms with Gasteiger partial charge in [-0.3, -0.25) is 14.7 Å². The van der Waals surface area contributed by atoms with Crippen LogP contribution >= 0.6 is 0 Å². The molecule has 2 heterocycles. The summed E-state index contributed by atoms with van der Waals surface area (Å²) in [7, 11) is 1.86. The summed E-state index contributed by atoms with van der Waals surface area (Å²) < 4.78 is 13.4. The molecule has 1 amide bonds. The zero-order valence-electron chi connectivity index (χ0n) is 14.6. The third kappa shape index (κ3) is 4.86. The number of halogens is 1. The van der Waals surface area contributed by atoms with E-state index in [-0.39, 0.29) is 17.6 Å². The topological polar surface area (TPSA) is 36.4 Å². The third-order valence-electron chi connectivity index (χ3n) is 4.70. The molecule has 4 nitrogen and oxygen atoms in total. The van der Waals surface area contributed by atoms with Gasteiger partial charge in [-0.2, -0.15) is 0 Å². The van der Waals surface area contributed by atoms with Gasteiger partial charge in [0.2, 0.25) is 5.91 Å². The Morgan fingerprint density at radius 3 is 2.84 bits per heavy atom. The molecule has 5 heteroatoms. The smallest absolute Gasteiger partial charge is 0.227 e. The van der Waals surface area contributed by atoms with E-state index in [1.807, 2.05) is 25.2 Å². The lowest BCUT2D eigenvalue weighted by atomic mass is 9.96. The molecule has 1 aliphatic heterocycles. The van der Waals surface area contributed by atoms with Crippen LogP contribution in [0, 0.1) is 11.7 Å². The molecule has 0 saturated carbocycles. The van der Waals surface area contributed by atoms with E-state index >= 15 is 0 Å². The van der Waals surface area contributed by atoms with Gasteiger partial charge in [0.1, 0.15) is 5.82 Å². The molecule has 132 valence electrons. The number of carbonyl (C=O) groups excluding carboxylic acids is 1. The molecule has 1 aromatic carbocycles. The molecule has 1 saturated heterocycles. The fourth-order valence-corrected chi connectivity index (χ4v) is 3.45. The lowest BCUT2D eigenvalue weighted by Crippen LogP contribution is -2.43. The van der Waals surface area contributed by atoms with E-state index in [1.54, 1.807) is 29.4 Å². The van der Waals surface area contributed by atoms with Crippen molar-refractivity contribution >= 4 is 5.91 Å². The molecule has 0 bridgehead atoms. The van der Waals surface area contributed by atoms with Crippen LogP contribution < -0.4 is 0 Å². The first-order valence-corrected chi connectivity index (χ1v) is 8.72. The SMILES string of the molecule is CN(Cc1ccncc1)C(=O)C1CCCN(Cc2cccc(F)c2)C1. The number of aromatic nitrogens is 1. The Bertz CT molecular complexity index is 707. The van der Waals surface area contributed by atoms with Crippen LogP contribution in [0.2, 0.25) is 0 Å². The Hall–Kier alpha value is -2.27. The van der Waals surface area contributed by atoms with Crippen molar-refractivity contribution in [3.63, 3.8) is 0 Å². The van der Waals surface area contributed by atoms with Gasteiger partial charge >= 0.3 is 0 Å². The molecule has 1 aromatic heterocycles. The highest BCUT2D eigenvalue weighted by atomic mass is 19.1. The van der Waals surface area contributed by atoms with Crippen molar-refractivity contribution in [1.29, 1.82) is 0 Å². The van der Waals surface area contributed by atoms with Gasteiger partial charge in [-0.1, -0.05) is 12.1 Å². The second-order valence-electron chi connectivity index (χ2n) is 6.75. The number of nitrogens with zero attached hydrogens (tertiary/aromatic N) is 3. The van der Waals surface area contributed by atoms with Gasteiger partial charge in [0.25, 0.3) is 0 Å². The summed E-state index contributed by atoms with van der Waals surface area (Å²) >= 11 is 0. The third-order valence-corrected chi connectivity index (χ3v) is 4.70. The summed E-state index contributed by atoms with van der Waals surface area (Å²) in [6.07, 6.45) is 5.40. The summed E-state index contributed by atoms with van der Waals surface area (Å²) in [5.74, 6) is -0.0193. The second kappa shape index (κ2) is 8.21. The highest BCUT2D eigenvalue weighted by Gasteiger charge is 2.28. The molecular weight excluding hydrogens is 317 g/mol. The molecule has 25 heavy (non-hydrogen) atoms. The summed E-state index contributed by atoms with van der Waals surface area (Å²) in [5.41, 5.74) is 2.04. The number of likely N-dealkylation sites (tertiary alicyclic amines) is 1. The van der Waals surface area contributed by atoms with Crippen LogP contribution in [0.15, 0.2) is 48.8 Å². The van der Waals surface area contributed by atoms with Gasteiger partial charge in [-0.05, 0) is 54.8 Å². The normalized spacial score (nSPS) is 18.1. The van der Waals surface area contributed by atoms with Crippen molar-refractivity contribution in [1.82, 2.24) is 14.8 Å². The molecule has 1 atom stereocenters. The molecule has 0 spiro atoms. The number of piperidine rings is 1. The minimum Gasteiger partial charge on any atom is -0.341 e. The van der Waals surface area contributed by atoms with Gasteiger partial charge in [-0.15, -0.1) is 0 Å². The monoisotopic (exact) mass is 341 g/mol. The van der Waals surface area contributed by atoms with Crippen molar-refractivity contribution in [3.05, 3.63) is 65.7 Å². The maximum absolute atomic E-state index is 13.4. The summed E-state index contributed by atoms with van der Waals surface area (Å²) in [5, 5.41) is 0. The van der Waals surface area contributed by atoms with Crippen LogP contribution in [0.25, 0.3) is 0 Å². The lowest BCUT2D eigenvalue weighted by Gasteiger charge is -2.34. The zero-order valence-corrected chi connectivity index (χ0v) is 14.6. The molecule has 1 aliphatic rings. The van der Waals surface area contributed by atoms with Gasteiger partial charge in [-0.25, -0.2) is 4.39 Å². The van der Waals surface area contributed by atoms with E-state index in [2.05, 4.69) is 9.88 Å². The van der Waals surface area contributed by atoms with Crippen molar-refractivity contribution in [2.24, 2.45) is 5.92 Å². The van der Waals surface area contributed by atoms with Crippen LogP contribution in [0.1, 0.15) is 24.0 Å². The lowest BCUT2D eigenvalue weighted by molar-refractivity contribution is -0.136. The maximum Gasteiger partial charge on any atom is 0.227 e. The molecule has 1 fully saturated rings. The number of benzene rings is 1. The van der Waals surface area contributed by atoms with E-state index in [0.717, 1.165) is 37.1 Å². The number of rotatable bonds is 5. The Balaban J connectivity index is 1.57. The summed E-state index contributed by atoms with van der Waals surface area (Å²) in [6, 6.07) is 10.6. The summed E-state index contributed by atoms with van der Waals surface area (Å²) in [6.45, 7) is 2.97. The first-order chi connectivity index (χ1) is 12.1. The highest BCUT2D eigenvalue weighted by Crippen LogP contribution is 2.21. The van der Waals surface area contributed by atoms with E-state index < -0.39 is 0 Å². The molecule has 2 aromatic rings. The zero-order chi connectivity index (χ0) is 17.6. The van der Waals surface area contributed by atoms with Crippen LogP contribution in [0.3, 0.4) is 0 Å². The molecule has 0 radical (unpaired) electrons. The van der Waals surface area contributed by atoms with Gasteiger partial charge in [0.05, 0.1) is 5.92 Å². The predicted octanol–water partition coefficient (Wildman–Crippen LogP) is 3.09. The fraction of sp³-hybridized carbons (Fsp3) is 0.400. The fourth-order valence-electron chi connectivity index (χ4n) is 3.45. The van der Waals surface area contributed by atoms with Crippen LogP contribution in [-0.4, -0.2) is 40.8 Å². The Morgan fingerprint density at radius 2 is 2.08 bits per heavy atom. The number of pyridine rings is 1. The molecule has 3 rings (SSSR count). The van der Waals surface area contributed by atoms with Crippen LogP contribution in [-0.2, 0) is 17.9 Å². The Kier molecular flexibility index (Phi) is 5.76. The van der Waals surface area contributed by atoms with Crippen molar-refractivity contribution < 1.29 is 9.18 Å². The van der Waals surface area contributed by atoms with Crippen molar-refractivity contribution in [2.75, 3.05) is 20.1 Å². The Labute approximate surface area is 148 Å².